The first-order valence-electron chi connectivity index (χ1n) is 5.57. The maximum Gasteiger partial charge on any atom is 0.265 e. The molecule has 6 heteroatoms. The van der Waals surface area contributed by atoms with Crippen molar-refractivity contribution in [3.05, 3.63) is 35.9 Å². The molecule has 0 aromatic heterocycles. The molecule has 0 spiro atoms. The second kappa shape index (κ2) is 7.73. The van der Waals surface area contributed by atoms with E-state index in [-0.39, 0.29) is 19.0 Å². The highest BCUT2D eigenvalue weighted by Gasteiger charge is 2.16. The second-order valence-corrected chi connectivity index (χ2v) is 3.80. The Morgan fingerprint density at radius 3 is 2.56 bits per heavy atom. The number of hydrogen-bond donors (Lipinski definition) is 3. The van der Waals surface area contributed by atoms with Crippen molar-refractivity contribution in [2.75, 3.05) is 13.1 Å². The Kier molecular flexibility index (Phi) is 6.24. The smallest absolute Gasteiger partial charge is 0.265 e. The van der Waals surface area contributed by atoms with E-state index in [0.29, 0.717) is 6.54 Å². The first-order chi connectivity index (χ1) is 8.59. The Balaban J connectivity index is 2.15. The van der Waals surface area contributed by atoms with Gasteiger partial charge in [0.1, 0.15) is 6.10 Å². The fourth-order valence-electron chi connectivity index (χ4n) is 1.28. The highest BCUT2D eigenvalue weighted by Crippen LogP contribution is 1.98. The van der Waals surface area contributed by atoms with Crippen LogP contribution in [-0.4, -0.2) is 36.6 Å². The minimum absolute atomic E-state index is 0.101. The van der Waals surface area contributed by atoms with E-state index in [1.165, 1.54) is 0 Å². The van der Waals surface area contributed by atoms with Gasteiger partial charge < -0.3 is 15.7 Å². The molecule has 0 aliphatic carbocycles. The van der Waals surface area contributed by atoms with Crippen molar-refractivity contribution in [1.29, 1.82) is 0 Å². The van der Waals surface area contributed by atoms with Gasteiger partial charge in [-0.15, -0.1) is 0 Å². The number of alkyl halides is 2. The summed E-state index contributed by atoms with van der Waals surface area (Å²) in [6.45, 7) is -0.0220. The molecule has 1 atom stereocenters. The van der Waals surface area contributed by atoms with Crippen LogP contribution in [0.2, 0.25) is 0 Å². The average Bonchev–Trinajstić information content (AvgIpc) is 2.37. The molecule has 1 aromatic rings. The molecule has 0 aliphatic heterocycles. The van der Waals surface area contributed by atoms with Crippen molar-refractivity contribution in [3.8, 4) is 0 Å². The van der Waals surface area contributed by atoms with E-state index in [2.05, 4.69) is 10.6 Å². The number of halogens is 2. The zero-order valence-electron chi connectivity index (χ0n) is 9.77. The fraction of sp³-hybridized carbons (Fsp3) is 0.417. The quantitative estimate of drug-likeness (QED) is 0.668. The minimum Gasteiger partial charge on any atom is -0.386 e. The van der Waals surface area contributed by atoms with Crippen LogP contribution in [0.15, 0.2) is 30.3 Å². The summed E-state index contributed by atoms with van der Waals surface area (Å²) in [5.41, 5.74) is 0.957. The summed E-state index contributed by atoms with van der Waals surface area (Å²) in [6.07, 6.45) is -4.54. The number of hydrogen-bond acceptors (Lipinski definition) is 3. The lowest BCUT2D eigenvalue weighted by Gasteiger charge is -2.10. The highest BCUT2D eigenvalue weighted by molar-refractivity contribution is 5.77. The largest absolute Gasteiger partial charge is 0.386 e. The Morgan fingerprint density at radius 1 is 1.28 bits per heavy atom. The Morgan fingerprint density at radius 2 is 1.94 bits per heavy atom. The van der Waals surface area contributed by atoms with Gasteiger partial charge in [-0.2, -0.15) is 0 Å². The zero-order chi connectivity index (χ0) is 13.4. The molecule has 1 unspecified atom stereocenters. The van der Waals surface area contributed by atoms with Gasteiger partial charge in [0.25, 0.3) is 6.43 Å². The molecule has 0 heterocycles. The molecule has 1 aromatic carbocycles. The zero-order valence-corrected chi connectivity index (χ0v) is 9.77. The van der Waals surface area contributed by atoms with Gasteiger partial charge in [-0.3, -0.25) is 4.79 Å². The molecule has 0 aliphatic rings. The van der Waals surface area contributed by atoms with Crippen LogP contribution in [0.4, 0.5) is 8.78 Å². The normalized spacial score (nSPS) is 12.4. The van der Waals surface area contributed by atoms with Gasteiger partial charge in [-0.1, -0.05) is 30.3 Å². The summed E-state index contributed by atoms with van der Waals surface area (Å²) in [7, 11) is 0. The molecule has 0 fully saturated rings. The van der Waals surface area contributed by atoms with Gasteiger partial charge in [0, 0.05) is 13.1 Å². The van der Waals surface area contributed by atoms with Gasteiger partial charge in [0.05, 0.1) is 6.54 Å². The number of carbonyl (C=O) groups excluding carboxylic acids is 1. The molecule has 1 amide bonds. The standard InChI is InChI=1S/C12H16F2N2O2/c13-12(14)10(17)7-15-8-11(18)16-6-9-4-2-1-3-5-9/h1-5,10,12,15,17H,6-8H2,(H,16,18). The summed E-state index contributed by atoms with van der Waals surface area (Å²) in [5.74, 6) is -0.305. The summed E-state index contributed by atoms with van der Waals surface area (Å²) in [5, 5.41) is 13.9. The topological polar surface area (TPSA) is 61.4 Å². The third kappa shape index (κ3) is 5.70. The maximum absolute atomic E-state index is 11.9. The predicted octanol–water partition coefficient (Wildman–Crippen LogP) is 0.518. The average molecular weight is 258 g/mol. The maximum atomic E-state index is 11.9. The second-order valence-electron chi connectivity index (χ2n) is 3.80. The molecular formula is C12H16F2N2O2. The van der Waals surface area contributed by atoms with E-state index < -0.39 is 12.5 Å². The molecule has 18 heavy (non-hydrogen) atoms. The molecule has 4 nitrogen and oxygen atoms in total. The Hall–Kier alpha value is -1.53. The van der Waals surface area contributed by atoms with E-state index in [1.807, 2.05) is 30.3 Å². The molecular weight excluding hydrogens is 242 g/mol. The van der Waals surface area contributed by atoms with E-state index in [9.17, 15) is 13.6 Å². The Labute approximate surface area is 104 Å². The number of amides is 1. The lowest BCUT2D eigenvalue weighted by atomic mass is 10.2. The summed E-state index contributed by atoms with van der Waals surface area (Å²) in [4.78, 5) is 11.3. The predicted molar refractivity (Wildman–Crippen MR) is 63.2 cm³/mol. The van der Waals surface area contributed by atoms with Crippen molar-refractivity contribution in [2.45, 2.75) is 19.1 Å². The molecule has 0 saturated carbocycles. The van der Waals surface area contributed by atoms with Gasteiger partial charge in [-0.05, 0) is 5.56 Å². The monoisotopic (exact) mass is 258 g/mol. The Bertz CT molecular complexity index is 360. The number of nitrogens with one attached hydrogen (secondary N) is 2. The number of benzene rings is 1. The molecule has 3 N–H and O–H groups in total. The van der Waals surface area contributed by atoms with Crippen molar-refractivity contribution < 1.29 is 18.7 Å². The summed E-state index contributed by atoms with van der Waals surface area (Å²) in [6, 6.07) is 9.33. The summed E-state index contributed by atoms with van der Waals surface area (Å²) >= 11 is 0. The van der Waals surface area contributed by atoms with Crippen LogP contribution in [0.1, 0.15) is 5.56 Å². The van der Waals surface area contributed by atoms with Crippen molar-refractivity contribution in [3.63, 3.8) is 0 Å². The third-order valence-electron chi connectivity index (χ3n) is 2.26. The first kappa shape index (κ1) is 14.5. The van der Waals surface area contributed by atoms with E-state index in [4.69, 9.17) is 5.11 Å². The SMILES string of the molecule is O=C(CNCC(O)C(F)F)NCc1ccccc1. The van der Waals surface area contributed by atoms with Crippen LogP contribution >= 0.6 is 0 Å². The van der Waals surface area contributed by atoms with Crippen LogP contribution in [0.3, 0.4) is 0 Å². The number of rotatable bonds is 7. The van der Waals surface area contributed by atoms with Crippen LogP contribution in [-0.2, 0) is 11.3 Å². The lowest BCUT2D eigenvalue weighted by molar-refractivity contribution is -0.120. The van der Waals surface area contributed by atoms with Gasteiger partial charge in [-0.25, -0.2) is 8.78 Å². The number of aliphatic hydroxyl groups is 1. The van der Waals surface area contributed by atoms with E-state index >= 15 is 0 Å². The summed E-state index contributed by atoms with van der Waals surface area (Å²) < 4.78 is 23.9. The molecule has 0 saturated heterocycles. The van der Waals surface area contributed by atoms with Crippen LogP contribution in [0.5, 0.6) is 0 Å². The third-order valence-corrected chi connectivity index (χ3v) is 2.26. The minimum atomic E-state index is -2.80. The van der Waals surface area contributed by atoms with Crippen LogP contribution in [0, 0.1) is 0 Å². The number of carbonyl (C=O) groups is 1. The van der Waals surface area contributed by atoms with Gasteiger partial charge >= 0.3 is 0 Å². The molecule has 100 valence electrons. The van der Waals surface area contributed by atoms with Crippen LogP contribution < -0.4 is 10.6 Å². The van der Waals surface area contributed by atoms with Crippen molar-refractivity contribution in [1.82, 2.24) is 10.6 Å². The molecule has 1 rings (SSSR count). The highest BCUT2D eigenvalue weighted by atomic mass is 19.3. The molecule has 0 bridgehead atoms. The molecule has 0 radical (unpaired) electrons. The first-order valence-corrected chi connectivity index (χ1v) is 5.57. The van der Waals surface area contributed by atoms with Crippen LogP contribution in [0.25, 0.3) is 0 Å². The van der Waals surface area contributed by atoms with Crippen molar-refractivity contribution in [2.24, 2.45) is 0 Å². The van der Waals surface area contributed by atoms with Gasteiger partial charge in [0.15, 0.2) is 0 Å². The van der Waals surface area contributed by atoms with Gasteiger partial charge in [0.2, 0.25) is 5.91 Å². The lowest BCUT2D eigenvalue weighted by Crippen LogP contribution is -2.39. The number of aliphatic hydroxyl groups excluding tert-OH is 1. The fourth-order valence-corrected chi connectivity index (χ4v) is 1.28. The van der Waals surface area contributed by atoms with Crippen molar-refractivity contribution >= 4 is 5.91 Å². The van der Waals surface area contributed by atoms with E-state index in [0.717, 1.165) is 5.56 Å². The van der Waals surface area contributed by atoms with E-state index in [1.54, 1.807) is 0 Å².